The number of benzene rings is 1. The minimum absolute atomic E-state index is 0.707. The third-order valence-electron chi connectivity index (χ3n) is 2.48. The highest BCUT2D eigenvalue weighted by molar-refractivity contribution is 5.27. The molecule has 1 nitrogen and oxygen atoms in total. The van der Waals surface area contributed by atoms with Gasteiger partial charge in [0.25, 0.3) is 0 Å². The minimum atomic E-state index is 0.707. The van der Waals surface area contributed by atoms with Gasteiger partial charge < -0.3 is 4.74 Å². The molecule has 16 heavy (non-hydrogen) atoms. The van der Waals surface area contributed by atoms with Gasteiger partial charge in [0.2, 0.25) is 0 Å². The second-order valence-electron chi connectivity index (χ2n) is 3.90. The van der Waals surface area contributed by atoms with Crippen LogP contribution in [0.3, 0.4) is 0 Å². The topological polar surface area (TPSA) is 9.23 Å². The average molecular weight is 216 g/mol. The van der Waals surface area contributed by atoms with E-state index in [9.17, 15) is 0 Å². The van der Waals surface area contributed by atoms with E-state index < -0.39 is 0 Å². The Kier molecular flexibility index (Phi) is 6.18. The molecule has 0 saturated heterocycles. The first-order valence-corrected chi connectivity index (χ1v) is 6.02. The maximum absolute atomic E-state index is 5.57. The van der Waals surface area contributed by atoms with E-state index in [1.54, 1.807) is 0 Å². The number of terminal acetylenes is 1. The molecular formula is C15H20O. The monoisotopic (exact) mass is 216 g/mol. The molecule has 0 aliphatic heterocycles. The zero-order chi connectivity index (χ0) is 11.6. The lowest BCUT2D eigenvalue weighted by atomic mass is 10.1. The van der Waals surface area contributed by atoms with E-state index in [2.05, 4.69) is 25.0 Å². The molecule has 0 fully saturated rings. The highest BCUT2D eigenvalue weighted by atomic mass is 16.5. The first-order valence-electron chi connectivity index (χ1n) is 6.02. The van der Waals surface area contributed by atoms with Gasteiger partial charge in [-0.25, -0.2) is 0 Å². The number of unbranched alkanes of at least 4 members (excludes halogenated alkanes) is 2. The van der Waals surface area contributed by atoms with Crippen LogP contribution in [-0.2, 0) is 6.42 Å². The zero-order valence-corrected chi connectivity index (χ0v) is 10.0. The summed E-state index contributed by atoms with van der Waals surface area (Å²) in [7, 11) is 0. The Morgan fingerprint density at radius 2 is 1.94 bits per heavy atom. The van der Waals surface area contributed by atoms with Gasteiger partial charge in [-0.05, 0) is 37.0 Å². The molecule has 0 aliphatic rings. The Labute approximate surface area is 98.8 Å². The van der Waals surface area contributed by atoms with Crippen LogP contribution in [0.5, 0.6) is 5.75 Å². The van der Waals surface area contributed by atoms with Gasteiger partial charge in [0, 0.05) is 6.42 Å². The van der Waals surface area contributed by atoms with Gasteiger partial charge in [-0.1, -0.05) is 25.5 Å². The van der Waals surface area contributed by atoms with E-state index >= 15 is 0 Å². The molecule has 0 spiro atoms. The summed E-state index contributed by atoms with van der Waals surface area (Å²) in [4.78, 5) is 0. The molecule has 0 N–H and O–H groups in total. The quantitative estimate of drug-likeness (QED) is 0.497. The smallest absolute Gasteiger partial charge is 0.119 e. The molecule has 0 bridgehead atoms. The standard InChI is InChI=1S/C15H20O/c1-3-5-7-13-16-15-11-9-14(10-12-15)8-6-4-2/h1,9-12H,4-8,13H2,2H3. The van der Waals surface area contributed by atoms with Crippen molar-refractivity contribution in [3.05, 3.63) is 29.8 Å². The molecular weight excluding hydrogens is 196 g/mol. The van der Waals surface area contributed by atoms with Crippen LogP contribution in [0.2, 0.25) is 0 Å². The van der Waals surface area contributed by atoms with E-state index in [0.29, 0.717) is 6.61 Å². The van der Waals surface area contributed by atoms with Crippen LogP contribution in [0.4, 0.5) is 0 Å². The van der Waals surface area contributed by atoms with Crippen LogP contribution >= 0.6 is 0 Å². The van der Waals surface area contributed by atoms with Crippen LogP contribution in [0.25, 0.3) is 0 Å². The van der Waals surface area contributed by atoms with E-state index in [0.717, 1.165) is 25.0 Å². The fourth-order valence-corrected chi connectivity index (χ4v) is 1.50. The van der Waals surface area contributed by atoms with Crippen LogP contribution in [-0.4, -0.2) is 6.61 Å². The van der Waals surface area contributed by atoms with Crippen molar-refractivity contribution in [2.75, 3.05) is 6.61 Å². The second-order valence-corrected chi connectivity index (χ2v) is 3.90. The van der Waals surface area contributed by atoms with Crippen molar-refractivity contribution in [2.24, 2.45) is 0 Å². The fourth-order valence-electron chi connectivity index (χ4n) is 1.50. The maximum atomic E-state index is 5.57. The molecule has 0 saturated carbocycles. The van der Waals surface area contributed by atoms with Crippen molar-refractivity contribution in [3.63, 3.8) is 0 Å². The Morgan fingerprint density at radius 1 is 1.19 bits per heavy atom. The summed E-state index contributed by atoms with van der Waals surface area (Å²) in [6.07, 6.45) is 10.5. The van der Waals surface area contributed by atoms with Crippen molar-refractivity contribution < 1.29 is 4.74 Å². The molecule has 0 radical (unpaired) electrons. The van der Waals surface area contributed by atoms with Crippen LogP contribution in [0.15, 0.2) is 24.3 Å². The molecule has 0 unspecified atom stereocenters. The highest BCUT2D eigenvalue weighted by Gasteiger charge is 1.95. The van der Waals surface area contributed by atoms with Crippen molar-refractivity contribution in [1.29, 1.82) is 0 Å². The molecule has 0 amide bonds. The lowest BCUT2D eigenvalue weighted by Crippen LogP contribution is -1.96. The normalized spacial score (nSPS) is 9.75. The predicted octanol–water partition coefficient (Wildman–Crippen LogP) is 3.82. The Morgan fingerprint density at radius 3 is 2.56 bits per heavy atom. The first kappa shape index (κ1) is 12.6. The predicted molar refractivity (Wildman–Crippen MR) is 68.6 cm³/mol. The Bertz CT molecular complexity index is 318. The fraction of sp³-hybridized carbons (Fsp3) is 0.467. The van der Waals surface area contributed by atoms with Gasteiger partial charge in [0.15, 0.2) is 0 Å². The third-order valence-corrected chi connectivity index (χ3v) is 2.48. The molecule has 1 aromatic carbocycles. The number of hydrogen-bond donors (Lipinski definition) is 0. The van der Waals surface area contributed by atoms with Gasteiger partial charge in [0.05, 0.1) is 6.61 Å². The van der Waals surface area contributed by atoms with Gasteiger partial charge in [-0.2, -0.15) is 0 Å². The van der Waals surface area contributed by atoms with Crippen LogP contribution in [0, 0.1) is 12.3 Å². The number of rotatable bonds is 7. The first-order chi connectivity index (χ1) is 7.86. The summed E-state index contributed by atoms with van der Waals surface area (Å²) in [5, 5.41) is 0. The summed E-state index contributed by atoms with van der Waals surface area (Å²) in [6, 6.07) is 8.38. The number of hydrogen-bond acceptors (Lipinski definition) is 1. The van der Waals surface area contributed by atoms with E-state index in [-0.39, 0.29) is 0 Å². The Hall–Kier alpha value is -1.42. The van der Waals surface area contributed by atoms with E-state index in [1.165, 1.54) is 18.4 Å². The lowest BCUT2D eigenvalue weighted by Gasteiger charge is -2.06. The molecule has 1 aromatic rings. The summed E-state index contributed by atoms with van der Waals surface area (Å²) in [5.74, 6) is 3.55. The molecule has 0 aromatic heterocycles. The molecule has 0 heterocycles. The van der Waals surface area contributed by atoms with Gasteiger partial charge in [-0.3, -0.25) is 0 Å². The van der Waals surface area contributed by atoms with Gasteiger partial charge >= 0.3 is 0 Å². The summed E-state index contributed by atoms with van der Waals surface area (Å²) >= 11 is 0. The molecule has 0 atom stereocenters. The summed E-state index contributed by atoms with van der Waals surface area (Å²) in [5.41, 5.74) is 1.39. The van der Waals surface area contributed by atoms with E-state index in [4.69, 9.17) is 11.2 Å². The lowest BCUT2D eigenvalue weighted by molar-refractivity contribution is 0.313. The average Bonchev–Trinajstić information content (AvgIpc) is 2.33. The zero-order valence-electron chi connectivity index (χ0n) is 10.0. The molecule has 1 rings (SSSR count). The van der Waals surface area contributed by atoms with E-state index in [1.807, 2.05) is 12.1 Å². The molecule has 86 valence electrons. The SMILES string of the molecule is C#CCCCOc1ccc(CCCC)cc1. The highest BCUT2D eigenvalue weighted by Crippen LogP contribution is 2.14. The minimum Gasteiger partial charge on any atom is -0.494 e. The van der Waals surface area contributed by atoms with Crippen molar-refractivity contribution in [3.8, 4) is 18.1 Å². The number of aryl methyl sites for hydroxylation is 1. The molecule has 0 aliphatic carbocycles. The Balaban J connectivity index is 2.31. The molecule has 1 heteroatoms. The summed E-state index contributed by atoms with van der Waals surface area (Å²) < 4.78 is 5.57. The summed E-state index contributed by atoms with van der Waals surface area (Å²) in [6.45, 7) is 2.92. The van der Waals surface area contributed by atoms with Gasteiger partial charge in [0.1, 0.15) is 5.75 Å². The number of ether oxygens (including phenoxy) is 1. The van der Waals surface area contributed by atoms with Crippen molar-refractivity contribution >= 4 is 0 Å². The van der Waals surface area contributed by atoms with Gasteiger partial charge in [-0.15, -0.1) is 12.3 Å². The van der Waals surface area contributed by atoms with Crippen LogP contribution in [0.1, 0.15) is 38.2 Å². The largest absolute Gasteiger partial charge is 0.494 e. The van der Waals surface area contributed by atoms with Crippen molar-refractivity contribution in [2.45, 2.75) is 39.0 Å². The van der Waals surface area contributed by atoms with Crippen LogP contribution < -0.4 is 4.74 Å². The second kappa shape index (κ2) is 7.82. The maximum Gasteiger partial charge on any atom is 0.119 e. The third kappa shape index (κ3) is 4.89. The van der Waals surface area contributed by atoms with Crippen molar-refractivity contribution in [1.82, 2.24) is 0 Å².